The molecular weight excluding hydrogens is 267 g/mol. The number of sulfonamides is 1. The fourth-order valence-electron chi connectivity index (χ4n) is 2.38. The molecule has 2 N–H and O–H groups in total. The van der Waals surface area contributed by atoms with Crippen LogP contribution in [0, 0.1) is 18.7 Å². The van der Waals surface area contributed by atoms with E-state index in [0.29, 0.717) is 11.3 Å². The van der Waals surface area contributed by atoms with E-state index in [1.54, 1.807) is 13.0 Å². The molecule has 0 radical (unpaired) electrons. The Morgan fingerprint density at radius 1 is 1.32 bits per heavy atom. The van der Waals surface area contributed by atoms with Crippen LogP contribution in [0.15, 0.2) is 18.2 Å². The summed E-state index contributed by atoms with van der Waals surface area (Å²) in [7, 11) is -3.41. The molecule has 0 aliphatic carbocycles. The molecule has 0 aromatic heterocycles. The second kappa shape index (κ2) is 5.88. The Kier molecular flexibility index (Phi) is 4.42. The van der Waals surface area contributed by atoms with Crippen LogP contribution in [0.2, 0.25) is 0 Å². The number of rotatable bonds is 4. The first-order valence-corrected chi connectivity index (χ1v) is 8.08. The maximum absolute atomic E-state index is 13.2. The summed E-state index contributed by atoms with van der Waals surface area (Å²) < 4.78 is 39.8. The van der Waals surface area contributed by atoms with Crippen molar-refractivity contribution < 1.29 is 12.8 Å². The number of piperidine rings is 1. The third kappa shape index (κ3) is 4.47. The molecule has 1 aliphatic rings. The molecule has 0 atom stereocenters. The average molecular weight is 286 g/mol. The molecule has 0 spiro atoms. The molecule has 4 nitrogen and oxygen atoms in total. The zero-order valence-corrected chi connectivity index (χ0v) is 11.8. The van der Waals surface area contributed by atoms with Crippen LogP contribution in [0.5, 0.6) is 0 Å². The maximum Gasteiger partial charge on any atom is 0.232 e. The third-order valence-corrected chi connectivity index (χ3v) is 4.69. The van der Waals surface area contributed by atoms with Gasteiger partial charge in [-0.05, 0) is 62.5 Å². The molecular formula is C13H19FN2O2S. The van der Waals surface area contributed by atoms with E-state index in [0.717, 1.165) is 25.9 Å². The first-order chi connectivity index (χ1) is 8.94. The van der Waals surface area contributed by atoms with E-state index in [1.807, 2.05) is 0 Å². The first-order valence-electron chi connectivity index (χ1n) is 6.43. The number of aryl methyl sites for hydroxylation is 1. The van der Waals surface area contributed by atoms with Crippen molar-refractivity contribution in [2.75, 3.05) is 23.6 Å². The highest BCUT2D eigenvalue weighted by molar-refractivity contribution is 7.92. The second-order valence-electron chi connectivity index (χ2n) is 5.09. The number of nitrogens with one attached hydrogen (secondary N) is 2. The lowest BCUT2D eigenvalue weighted by Gasteiger charge is -2.22. The zero-order valence-electron chi connectivity index (χ0n) is 10.9. The Balaban J connectivity index is 2.03. The van der Waals surface area contributed by atoms with Gasteiger partial charge >= 0.3 is 0 Å². The number of halogens is 1. The summed E-state index contributed by atoms with van der Waals surface area (Å²) >= 11 is 0. The quantitative estimate of drug-likeness (QED) is 0.888. The summed E-state index contributed by atoms with van der Waals surface area (Å²) in [6, 6.07) is 4.20. The van der Waals surface area contributed by atoms with Gasteiger partial charge in [0.05, 0.1) is 11.4 Å². The molecule has 1 aliphatic heterocycles. The predicted molar refractivity (Wildman–Crippen MR) is 74.1 cm³/mol. The van der Waals surface area contributed by atoms with Crippen LogP contribution in [-0.4, -0.2) is 27.3 Å². The van der Waals surface area contributed by atoms with Crippen molar-refractivity contribution in [3.8, 4) is 0 Å². The minimum Gasteiger partial charge on any atom is -0.317 e. The van der Waals surface area contributed by atoms with Crippen LogP contribution in [0.25, 0.3) is 0 Å². The maximum atomic E-state index is 13.2. The van der Waals surface area contributed by atoms with Gasteiger partial charge in [-0.3, -0.25) is 4.72 Å². The van der Waals surface area contributed by atoms with Gasteiger partial charge in [-0.1, -0.05) is 0 Å². The monoisotopic (exact) mass is 286 g/mol. The van der Waals surface area contributed by atoms with E-state index in [9.17, 15) is 12.8 Å². The minimum absolute atomic E-state index is 0.101. The molecule has 19 heavy (non-hydrogen) atoms. The standard InChI is InChI=1S/C13H19FN2O2S/c1-10-6-12(14)8-13(7-10)16-19(17,18)9-11-2-4-15-5-3-11/h6-8,11,15-16H,2-5,9H2,1H3. The Hall–Kier alpha value is -1.14. The van der Waals surface area contributed by atoms with Crippen LogP contribution in [0.1, 0.15) is 18.4 Å². The van der Waals surface area contributed by atoms with Gasteiger partial charge in [0.15, 0.2) is 0 Å². The van der Waals surface area contributed by atoms with E-state index < -0.39 is 15.8 Å². The number of hydrogen-bond acceptors (Lipinski definition) is 3. The van der Waals surface area contributed by atoms with Crippen molar-refractivity contribution in [2.45, 2.75) is 19.8 Å². The van der Waals surface area contributed by atoms with Crippen molar-refractivity contribution in [3.63, 3.8) is 0 Å². The summed E-state index contributed by atoms with van der Waals surface area (Å²) in [5.41, 5.74) is 0.992. The molecule has 6 heteroatoms. The molecule has 0 unspecified atom stereocenters. The molecule has 1 fully saturated rings. The SMILES string of the molecule is Cc1cc(F)cc(NS(=O)(=O)CC2CCNCC2)c1. The Bertz CT molecular complexity index is 519. The van der Waals surface area contributed by atoms with E-state index in [2.05, 4.69) is 10.0 Å². The largest absolute Gasteiger partial charge is 0.317 e. The molecule has 0 amide bonds. The summed E-state index contributed by atoms with van der Waals surface area (Å²) in [5.74, 6) is -0.155. The van der Waals surface area contributed by atoms with E-state index in [-0.39, 0.29) is 11.7 Å². The zero-order chi connectivity index (χ0) is 13.9. The number of hydrogen-bond donors (Lipinski definition) is 2. The van der Waals surface area contributed by atoms with Crippen molar-refractivity contribution in [1.82, 2.24) is 5.32 Å². The molecule has 1 aromatic carbocycles. The fraction of sp³-hybridized carbons (Fsp3) is 0.538. The smallest absolute Gasteiger partial charge is 0.232 e. The van der Waals surface area contributed by atoms with Gasteiger partial charge in [-0.2, -0.15) is 0 Å². The van der Waals surface area contributed by atoms with E-state index in [1.165, 1.54) is 12.1 Å². The Morgan fingerprint density at radius 3 is 2.63 bits per heavy atom. The summed E-state index contributed by atoms with van der Waals surface area (Å²) in [6.07, 6.45) is 1.73. The molecule has 0 bridgehead atoms. The number of benzene rings is 1. The highest BCUT2D eigenvalue weighted by Gasteiger charge is 2.21. The Labute approximate surface area is 113 Å². The highest BCUT2D eigenvalue weighted by Crippen LogP contribution is 2.18. The third-order valence-electron chi connectivity index (χ3n) is 3.23. The van der Waals surface area contributed by atoms with Gasteiger partial charge in [0.25, 0.3) is 0 Å². The molecule has 1 heterocycles. The molecule has 106 valence electrons. The van der Waals surface area contributed by atoms with E-state index >= 15 is 0 Å². The summed E-state index contributed by atoms with van der Waals surface area (Å²) in [6.45, 7) is 3.45. The van der Waals surface area contributed by atoms with Gasteiger partial charge in [0.2, 0.25) is 10.0 Å². The lowest BCUT2D eigenvalue weighted by Crippen LogP contribution is -2.33. The normalized spacial score (nSPS) is 17.4. The van der Waals surface area contributed by atoms with Crippen LogP contribution in [0.3, 0.4) is 0 Å². The van der Waals surface area contributed by atoms with Crippen molar-refractivity contribution in [3.05, 3.63) is 29.6 Å². The average Bonchev–Trinajstić information content (AvgIpc) is 2.27. The Morgan fingerprint density at radius 2 is 2.00 bits per heavy atom. The summed E-state index contributed by atoms with van der Waals surface area (Å²) in [5, 5.41) is 3.20. The predicted octanol–water partition coefficient (Wildman–Crippen LogP) is 1.88. The molecule has 2 rings (SSSR count). The van der Waals surface area contributed by atoms with Crippen LogP contribution < -0.4 is 10.0 Å². The number of anilines is 1. The van der Waals surface area contributed by atoms with Gasteiger partial charge in [-0.25, -0.2) is 12.8 Å². The minimum atomic E-state index is -3.41. The van der Waals surface area contributed by atoms with Gasteiger partial charge in [0.1, 0.15) is 5.82 Å². The van der Waals surface area contributed by atoms with Gasteiger partial charge < -0.3 is 5.32 Å². The van der Waals surface area contributed by atoms with Crippen LogP contribution in [0.4, 0.5) is 10.1 Å². The van der Waals surface area contributed by atoms with Crippen molar-refractivity contribution >= 4 is 15.7 Å². The lowest BCUT2D eigenvalue weighted by atomic mass is 10.0. The first kappa shape index (κ1) is 14.3. The molecule has 0 saturated carbocycles. The van der Waals surface area contributed by atoms with E-state index in [4.69, 9.17) is 0 Å². The lowest BCUT2D eigenvalue weighted by molar-refractivity contribution is 0.402. The summed E-state index contributed by atoms with van der Waals surface area (Å²) in [4.78, 5) is 0. The molecule has 1 aromatic rings. The fourth-order valence-corrected chi connectivity index (χ4v) is 3.89. The topological polar surface area (TPSA) is 58.2 Å². The van der Waals surface area contributed by atoms with Crippen LogP contribution >= 0.6 is 0 Å². The van der Waals surface area contributed by atoms with Gasteiger partial charge in [0, 0.05) is 0 Å². The van der Waals surface area contributed by atoms with Crippen molar-refractivity contribution in [1.29, 1.82) is 0 Å². The highest BCUT2D eigenvalue weighted by atomic mass is 32.2. The van der Waals surface area contributed by atoms with Crippen molar-refractivity contribution in [2.24, 2.45) is 5.92 Å². The molecule has 1 saturated heterocycles. The van der Waals surface area contributed by atoms with Crippen LogP contribution in [-0.2, 0) is 10.0 Å². The second-order valence-corrected chi connectivity index (χ2v) is 6.86. The van der Waals surface area contributed by atoms with Gasteiger partial charge in [-0.15, -0.1) is 0 Å².